The van der Waals surface area contributed by atoms with Gasteiger partial charge in [0.1, 0.15) is 0 Å². The number of hydrogen-bond acceptors (Lipinski definition) is 3. The van der Waals surface area contributed by atoms with Crippen LogP contribution in [0.1, 0.15) is 61.9 Å². The summed E-state index contributed by atoms with van der Waals surface area (Å²) < 4.78 is 5.03. The Hall–Kier alpha value is -2.88. The van der Waals surface area contributed by atoms with Crippen molar-refractivity contribution in [2.75, 3.05) is 7.11 Å². The van der Waals surface area contributed by atoms with Crippen LogP contribution >= 0.6 is 0 Å². The fourth-order valence-electron chi connectivity index (χ4n) is 4.16. The molecule has 0 aromatic heterocycles. The number of amides is 1. The van der Waals surface area contributed by atoms with Gasteiger partial charge in [-0.05, 0) is 74.3 Å². The Labute approximate surface area is 185 Å². The summed E-state index contributed by atoms with van der Waals surface area (Å²) >= 11 is 0. The van der Waals surface area contributed by atoms with Gasteiger partial charge in [0, 0.05) is 11.6 Å². The summed E-state index contributed by atoms with van der Waals surface area (Å²) in [6, 6.07) is 15.7. The monoisotopic (exact) mass is 419 g/mol. The van der Waals surface area contributed by atoms with Gasteiger partial charge in [-0.15, -0.1) is 0 Å². The maximum absolute atomic E-state index is 12.8. The van der Waals surface area contributed by atoms with Crippen molar-refractivity contribution in [1.29, 1.82) is 0 Å². The molecule has 1 N–H and O–H groups in total. The molecular weight excluding hydrogens is 386 g/mol. The SMILES string of the molecule is CCc1cccc(-c2ccc(C(=O)N[C@H](C)[C@@H](CC3=CCCCC3)C(=O)OC)cc2)c1. The summed E-state index contributed by atoms with van der Waals surface area (Å²) in [4.78, 5) is 25.2. The molecule has 31 heavy (non-hydrogen) atoms. The summed E-state index contributed by atoms with van der Waals surface area (Å²) in [6.45, 7) is 4.02. The third kappa shape index (κ3) is 6.06. The number of carbonyl (C=O) groups excluding carboxylic acids is 2. The molecule has 0 fully saturated rings. The van der Waals surface area contributed by atoms with E-state index in [4.69, 9.17) is 4.74 Å². The van der Waals surface area contributed by atoms with Crippen molar-refractivity contribution in [3.8, 4) is 11.1 Å². The summed E-state index contributed by atoms with van der Waals surface area (Å²) in [6.07, 6.45) is 8.32. The third-order valence-electron chi connectivity index (χ3n) is 6.15. The first kappa shape index (κ1) is 22.8. The number of carbonyl (C=O) groups is 2. The minimum Gasteiger partial charge on any atom is -0.469 e. The highest BCUT2D eigenvalue weighted by Gasteiger charge is 2.28. The zero-order valence-corrected chi connectivity index (χ0v) is 18.8. The van der Waals surface area contributed by atoms with E-state index in [1.54, 1.807) is 0 Å². The van der Waals surface area contributed by atoms with E-state index in [1.165, 1.54) is 24.7 Å². The number of methoxy groups -OCH3 is 1. The second-order valence-corrected chi connectivity index (χ2v) is 8.34. The Balaban J connectivity index is 1.68. The molecule has 1 aliphatic rings. The molecule has 2 atom stereocenters. The van der Waals surface area contributed by atoms with Gasteiger partial charge in [0.15, 0.2) is 0 Å². The Morgan fingerprint density at radius 2 is 1.84 bits per heavy atom. The molecule has 1 amide bonds. The van der Waals surface area contributed by atoms with Crippen molar-refractivity contribution in [2.45, 2.75) is 58.4 Å². The number of hydrogen-bond donors (Lipinski definition) is 1. The van der Waals surface area contributed by atoms with Gasteiger partial charge in [0.2, 0.25) is 0 Å². The molecule has 0 heterocycles. The number of allylic oxidation sites excluding steroid dienone is 2. The molecule has 0 radical (unpaired) electrons. The van der Waals surface area contributed by atoms with Crippen molar-refractivity contribution >= 4 is 11.9 Å². The smallest absolute Gasteiger partial charge is 0.311 e. The van der Waals surface area contributed by atoms with Crippen LogP contribution in [0.15, 0.2) is 60.2 Å². The highest BCUT2D eigenvalue weighted by atomic mass is 16.5. The van der Waals surface area contributed by atoms with E-state index >= 15 is 0 Å². The molecule has 0 saturated carbocycles. The van der Waals surface area contributed by atoms with E-state index in [0.717, 1.165) is 36.8 Å². The predicted octanol–water partition coefficient (Wildman–Crippen LogP) is 5.71. The van der Waals surface area contributed by atoms with Crippen molar-refractivity contribution in [1.82, 2.24) is 5.32 Å². The molecule has 0 aliphatic heterocycles. The number of esters is 1. The Morgan fingerprint density at radius 1 is 1.06 bits per heavy atom. The molecule has 164 valence electrons. The molecular formula is C27H33NO3. The maximum atomic E-state index is 12.8. The molecule has 0 saturated heterocycles. The summed E-state index contributed by atoms with van der Waals surface area (Å²) in [7, 11) is 1.41. The van der Waals surface area contributed by atoms with Crippen molar-refractivity contribution in [2.24, 2.45) is 5.92 Å². The van der Waals surface area contributed by atoms with Crippen molar-refractivity contribution < 1.29 is 14.3 Å². The molecule has 0 spiro atoms. The fraction of sp³-hybridized carbons (Fsp3) is 0.407. The van der Waals surface area contributed by atoms with Crippen LogP contribution < -0.4 is 5.32 Å². The quantitative estimate of drug-likeness (QED) is 0.440. The molecule has 0 unspecified atom stereocenters. The maximum Gasteiger partial charge on any atom is 0.311 e. The molecule has 3 rings (SSSR count). The van der Waals surface area contributed by atoms with Gasteiger partial charge in [-0.1, -0.05) is 55.0 Å². The van der Waals surface area contributed by atoms with Crippen LogP contribution in [0.5, 0.6) is 0 Å². The van der Waals surface area contributed by atoms with Crippen LogP contribution in [0.3, 0.4) is 0 Å². The third-order valence-corrected chi connectivity index (χ3v) is 6.15. The van der Waals surface area contributed by atoms with Gasteiger partial charge in [-0.2, -0.15) is 0 Å². The van der Waals surface area contributed by atoms with E-state index in [0.29, 0.717) is 12.0 Å². The minimum absolute atomic E-state index is 0.173. The number of rotatable bonds is 8. The van der Waals surface area contributed by atoms with Crippen molar-refractivity contribution in [3.05, 3.63) is 71.3 Å². The second kappa shape index (κ2) is 10.9. The summed E-state index contributed by atoms with van der Waals surface area (Å²) in [5, 5.41) is 3.01. The molecule has 0 bridgehead atoms. The lowest BCUT2D eigenvalue weighted by molar-refractivity contribution is -0.146. The number of nitrogens with one attached hydrogen (secondary N) is 1. The van der Waals surface area contributed by atoms with Gasteiger partial charge in [-0.25, -0.2) is 0 Å². The first-order valence-corrected chi connectivity index (χ1v) is 11.3. The Bertz CT molecular complexity index is 930. The predicted molar refractivity (Wildman–Crippen MR) is 125 cm³/mol. The largest absolute Gasteiger partial charge is 0.469 e. The number of benzene rings is 2. The van der Waals surface area contributed by atoms with E-state index in [-0.39, 0.29) is 23.8 Å². The summed E-state index contributed by atoms with van der Waals surface area (Å²) in [5.74, 6) is -0.826. The first-order valence-electron chi connectivity index (χ1n) is 11.3. The van der Waals surface area contributed by atoms with Gasteiger partial charge >= 0.3 is 5.97 Å². The second-order valence-electron chi connectivity index (χ2n) is 8.34. The van der Waals surface area contributed by atoms with Crippen molar-refractivity contribution in [3.63, 3.8) is 0 Å². The van der Waals surface area contributed by atoms with Crippen LogP contribution in [-0.4, -0.2) is 25.0 Å². The van der Waals surface area contributed by atoms with Crippen LogP contribution in [0.2, 0.25) is 0 Å². The van der Waals surface area contributed by atoms with Crippen LogP contribution in [0.4, 0.5) is 0 Å². The van der Waals surface area contributed by atoms with Crippen LogP contribution in [0, 0.1) is 5.92 Å². The van der Waals surface area contributed by atoms with E-state index in [9.17, 15) is 9.59 Å². The first-order chi connectivity index (χ1) is 15.0. The molecule has 4 heteroatoms. The highest BCUT2D eigenvalue weighted by Crippen LogP contribution is 2.26. The van der Waals surface area contributed by atoms with Gasteiger partial charge < -0.3 is 10.1 Å². The van der Waals surface area contributed by atoms with Crippen LogP contribution in [-0.2, 0) is 16.0 Å². The number of ether oxygens (including phenoxy) is 1. The Kier molecular flexibility index (Phi) is 8.05. The lowest BCUT2D eigenvalue weighted by Gasteiger charge is -2.25. The van der Waals surface area contributed by atoms with Gasteiger partial charge in [-0.3, -0.25) is 9.59 Å². The molecule has 2 aromatic carbocycles. The molecule has 2 aromatic rings. The Morgan fingerprint density at radius 3 is 2.48 bits per heavy atom. The normalized spacial score (nSPS) is 15.5. The zero-order chi connectivity index (χ0) is 22.2. The van der Waals surface area contributed by atoms with E-state index in [1.807, 2.05) is 31.2 Å². The lowest BCUT2D eigenvalue weighted by Crippen LogP contribution is -2.42. The number of aryl methyl sites for hydroxylation is 1. The molecule has 1 aliphatic carbocycles. The van der Waals surface area contributed by atoms with Gasteiger partial charge in [0.05, 0.1) is 13.0 Å². The zero-order valence-electron chi connectivity index (χ0n) is 18.8. The highest BCUT2D eigenvalue weighted by molar-refractivity contribution is 5.95. The van der Waals surface area contributed by atoms with E-state index < -0.39 is 0 Å². The fourth-order valence-corrected chi connectivity index (χ4v) is 4.16. The van der Waals surface area contributed by atoms with Gasteiger partial charge in [0.25, 0.3) is 5.91 Å². The van der Waals surface area contributed by atoms with E-state index in [2.05, 4.69) is 42.6 Å². The van der Waals surface area contributed by atoms with Crippen LogP contribution in [0.25, 0.3) is 11.1 Å². The molecule has 4 nitrogen and oxygen atoms in total. The standard InChI is InChI=1S/C27H33NO3/c1-4-20-11-8-12-24(17-20)22-13-15-23(16-14-22)26(29)28-19(2)25(27(30)31-3)18-21-9-6-5-7-10-21/h8-9,11-17,19,25H,4-7,10,18H2,1-3H3,(H,28,29)/t19-,25-/m1/s1. The minimum atomic E-state index is -0.380. The average molecular weight is 420 g/mol. The topological polar surface area (TPSA) is 55.4 Å². The lowest BCUT2D eigenvalue weighted by atomic mass is 9.87. The summed E-state index contributed by atoms with van der Waals surface area (Å²) in [5.41, 5.74) is 5.39. The average Bonchev–Trinajstić information content (AvgIpc) is 2.82.